The van der Waals surface area contributed by atoms with Crippen LogP contribution < -0.4 is 0 Å². The van der Waals surface area contributed by atoms with Gasteiger partial charge in [-0.15, -0.1) is 0 Å². The molecular weight excluding hydrogens is 138 g/mol. The molecular formula is C9H13NO. The smallest absolute Gasteiger partial charge is 0.0696 e. The Morgan fingerprint density at radius 1 is 1.64 bits per heavy atom. The number of aromatic nitrogens is 1. The van der Waals surface area contributed by atoms with Gasteiger partial charge in [0.05, 0.1) is 6.10 Å². The number of aryl methyl sites for hydroxylation is 1. The topological polar surface area (TPSA) is 25.2 Å². The molecule has 1 aromatic rings. The number of aliphatic hydroxyl groups is 1. The van der Waals surface area contributed by atoms with Gasteiger partial charge in [-0.2, -0.15) is 0 Å². The van der Waals surface area contributed by atoms with Crippen molar-refractivity contribution in [2.75, 3.05) is 0 Å². The molecule has 0 fully saturated rings. The van der Waals surface area contributed by atoms with Crippen LogP contribution in [0.1, 0.15) is 12.6 Å². The van der Waals surface area contributed by atoms with Crippen molar-refractivity contribution < 1.29 is 5.11 Å². The van der Waals surface area contributed by atoms with Crippen LogP contribution in [0, 0.1) is 0 Å². The van der Waals surface area contributed by atoms with E-state index in [1.165, 1.54) is 0 Å². The van der Waals surface area contributed by atoms with Gasteiger partial charge in [0, 0.05) is 18.9 Å². The largest absolute Gasteiger partial charge is 0.389 e. The van der Waals surface area contributed by atoms with E-state index in [1.54, 1.807) is 13.0 Å². The van der Waals surface area contributed by atoms with Crippen LogP contribution in [0.5, 0.6) is 0 Å². The Hall–Kier alpha value is -1.02. The molecule has 0 spiro atoms. The lowest BCUT2D eigenvalue weighted by Crippen LogP contribution is -1.93. The molecule has 2 nitrogen and oxygen atoms in total. The fourth-order valence-electron chi connectivity index (χ4n) is 0.885. The fraction of sp³-hybridized carbons (Fsp3) is 0.333. The van der Waals surface area contributed by atoms with Crippen molar-refractivity contribution in [3.63, 3.8) is 0 Å². The Bertz CT molecular complexity index is 248. The predicted octanol–water partition coefficient (Wildman–Crippen LogP) is 1.42. The molecule has 1 atom stereocenters. The summed E-state index contributed by atoms with van der Waals surface area (Å²) in [6.45, 7) is 1.74. The van der Waals surface area contributed by atoms with Crippen molar-refractivity contribution >= 4 is 6.08 Å². The highest BCUT2D eigenvalue weighted by atomic mass is 16.3. The Morgan fingerprint density at radius 3 is 2.82 bits per heavy atom. The lowest BCUT2D eigenvalue weighted by atomic mass is 10.3. The maximum atomic E-state index is 8.95. The van der Waals surface area contributed by atoms with Gasteiger partial charge < -0.3 is 9.67 Å². The first-order valence-electron chi connectivity index (χ1n) is 3.68. The number of hydrogen-bond acceptors (Lipinski definition) is 1. The number of hydrogen-bond donors (Lipinski definition) is 1. The van der Waals surface area contributed by atoms with Gasteiger partial charge in [0.15, 0.2) is 0 Å². The van der Waals surface area contributed by atoms with Gasteiger partial charge in [0.25, 0.3) is 0 Å². The first-order chi connectivity index (χ1) is 5.20. The summed E-state index contributed by atoms with van der Waals surface area (Å²) in [5.74, 6) is 0. The summed E-state index contributed by atoms with van der Waals surface area (Å²) >= 11 is 0. The Labute approximate surface area is 66.8 Å². The second kappa shape index (κ2) is 3.39. The highest BCUT2D eigenvalue weighted by Gasteiger charge is 1.90. The molecule has 2 heteroatoms. The maximum absolute atomic E-state index is 8.95. The summed E-state index contributed by atoms with van der Waals surface area (Å²) in [5, 5.41) is 8.95. The third-order valence-electron chi connectivity index (χ3n) is 1.53. The summed E-state index contributed by atoms with van der Waals surface area (Å²) < 4.78 is 2.00. The summed E-state index contributed by atoms with van der Waals surface area (Å²) in [4.78, 5) is 0. The average molecular weight is 151 g/mol. The van der Waals surface area contributed by atoms with E-state index in [2.05, 4.69) is 0 Å². The zero-order valence-corrected chi connectivity index (χ0v) is 6.86. The van der Waals surface area contributed by atoms with E-state index in [1.807, 2.05) is 36.0 Å². The lowest BCUT2D eigenvalue weighted by molar-refractivity contribution is 0.245. The summed E-state index contributed by atoms with van der Waals surface area (Å²) in [5.41, 5.74) is 1.10. The first-order valence-corrected chi connectivity index (χ1v) is 3.68. The molecule has 0 aliphatic rings. The number of rotatable bonds is 2. The molecule has 0 aromatic carbocycles. The van der Waals surface area contributed by atoms with E-state index in [0.717, 1.165) is 5.69 Å². The zero-order chi connectivity index (χ0) is 8.27. The number of aliphatic hydroxyl groups excluding tert-OH is 1. The third-order valence-corrected chi connectivity index (χ3v) is 1.53. The quantitative estimate of drug-likeness (QED) is 0.679. The van der Waals surface area contributed by atoms with E-state index < -0.39 is 0 Å². The molecule has 0 aliphatic carbocycles. The first kappa shape index (κ1) is 8.08. The molecule has 0 saturated carbocycles. The van der Waals surface area contributed by atoms with Gasteiger partial charge in [-0.3, -0.25) is 0 Å². The van der Waals surface area contributed by atoms with Crippen LogP contribution in [0.4, 0.5) is 0 Å². The van der Waals surface area contributed by atoms with Crippen LogP contribution in [-0.2, 0) is 7.05 Å². The van der Waals surface area contributed by atoms with E-state index >= 15 is 0 Å². The molecule has 1 rings (SSSR count). The summed E-state index contributed by atoms with van der Waals surface area (Å²) in [6, 6.07) is 3.97. The van der Waals surface area contributed by atoms with E-state index in [9.17, 15) is 0 Å². The third kappa shape index (κ3) is 2.24. The van der Waals surface area contributed by atoms with Gasteiger partial charge >= 0.3 is 0 Å². The van der Waals surface area contributed by atoms with Crippen LogP contribution in [0.3, 0.4) is 0 Å². The van der Waals surface area contributed by atoms with E-state index in [-0.39, 0.29) is 6.10 Å². The molecule has 0 amide bonds. The second-order valence-electron chi connectivity index (χ2n) is 2.64. The molecule has 0 saturated heterocycles. The standard InChI is InChI=1S/C9H13NO/c1-8(11)5-6-9-4-3-7-10(9)2/h3-8,11H,1-2H3/b6-5+. The minimum Gasteiger partial charge on any atom is -0.389 e. The normalized spacial score (nSPS) is 14.1. The van der Waals surface area contributed by atoms with Crippen molar-refractivity contribution in [1.29, 1.82) is 0 Å². The lowest BCUT2D eigenvalue weighted by Gasteiger charge is -1.96. The van der Waals surface area contributed by atoms with Gasteiger partial charge in [-0.05, 0) is 25.1 Å². The minimum atomic E-state index is -0.370. The maximum Gasteiger partial charge on any atom is 0.0696 e. The molecule has 0 bridgehead atoms. The fourth-order valence-corrected chi connectivity index (χ4v) is 0.885. The minimum absolute atomic E-state index is 0.370. The van der Waals surface area contributed by atoms with Crippen LogP contribution in [0.2, 0.25) is 0 Å². The Morgan fingerprint density at radius 2 is 2.36 bits per heavy atom. The second-order valence-corrected chi connectivity index (χ2v) is 2.64. The molecule has 0 radical (unpaired) electrons. The van der Waals surface area contributed by atoms with Crippen molar-refractivity contribution in [3.05, 3.63) is 30.1 Å². The molecule has 1 unspecified atom stereocenters. The SMILES string of the molecule is CC(O)/C=C/c1cccn1C. The molecule has 0 aliphatic heterocycles. The van der Waals surface area contributed by atoms with Crippen LogP contribution in [0.25, 0.3) is 6.08 Å². The van der Waals surface area contributed by atoms with Gasteiger partial charge in [-0.25, -0.2) is 0 Å². The van der Waals surface area contributed by atoms with E-state index in [4.69, 9.17) is 5.11 Å². The van der Waals surface area contributed by atoms with E-state index in [0.29, 0.717) is 0 Å². The monoisotopic (exact) mass is 151 g/mol. The van der Waals surface area contributed by atoms with Crippen molar-refractivity contribution in [2.24, 2.45) is 7.05 Å². The molecule has 1 N–H and O–H groups in total. The van der Waals surface area contributed by atoms with Crippen molar-refractivity contribution in [2.45, 2.75) is 13.0 Å². The molecule has 1 aromatic heterocycles. The highest BCUT2D eigenvalue weighted by molar-refractivity contribution is 5.45. The Kier molecular flexibility index (Phi) is 2.49. The zero-order valence-electron chi connectivity index (χ0n) is 6.86. The summed E-state index contributed by atoms with van der Waals surface area (Å²) in [7, 11) is 1.97. The molecule has 60 valence electrons. The van der Waals surface area contributed by atoms with Gasteiger partial charge in [0.1, 0.15) is 0 Å². The average Bonchev–Trinajstić information content (AvgIpc) is 2.31. The van der Waals surface area contributed by atoms with Gasteiger partial charge in [-0.1, -0.05) is 6.08 Å². The number of nitrogens with zero attached hydrogens (tertiary/aromatic N) is 1. The Balaban J connectivity index is 2.71. The highest BCUT2D eigenvalue weighted by Crippen LogP contribution is 2.02. The molecule has 1 heterocycles. The van der Waals surface area contributed by atoms with Crippen LogP contribution in [-0.4, -0.2) is 15.8 Å². The van der Waals surface area contributed by atoms with Gasteiger partial charge in [0.2, 0.25) is 0 Å². The van der Waals surface area contributed by atoms with Crippen molar-refractivity contribution in [1.82, 2.24) is 4.57 Å². The molecule has 11 heavy (non-hydrogen) atoms. The summed E-state index contributed by atoms with van der Waals surface area (Å²) in [6.07, 6.45) is 5.27. The van der Waals surface area contributed by atoms with Crippen molar-refractivity contribution in [3.8, 4) is 0 Å². The van der Waals surface area contributed by atoms with Crippen LogP contribution in [0.15, 0.2) is 24.4 Å². The van der Waals surface area contributed by atoms with Crippen LogP contribution >= 0.6 is 0 Å². The predicted molar refractivity (Wildman–Crippen MR) is 46.1 cm³/mol.